The van der Waals surface area contributed by atoms with E-state index in [0.29, 0.717) is 36.9 Å². The van der Waals surface area contributed by atoms with Crippen molar-refractivity contribution < 1.29 is 33.8 Å². The number of hydrogen-bond donors (Lipinski definition) is 2. The summed E-state index contributed by atoms with van der Waals surface area (Å²) in [6, 6.07) is 15.9. The number of carbonyl (C=O) groups excluding carboxylic acids is 4. The van der Waals surface area contributed by atoms with E-state index in [-0.39, 0.29) is 55.2 Å². The first-order chi connectivity index (χ1) is 25.1. The molecule has 0 saturated carbocycles. The molecule has 0 radical (unpaired) electrons. The van der Waals surface area contributed by atoms with E-state index in [1.807, 2.05) is 54.6 Å². The number of unbranched alkanes of at least 4 members (excludes halogenated alkanes) is 1. The first-order valence-electron chi connectivity index (χ1n) is 18.3. The van der Waals surface area contributed by atoms with Crippen LogP contribution in [0.3, 0.4) is 0 Å². The second-order valence-electron chi connectivity index (χ2n) is 13.5. The molecular weight excluding hydrogens is 728 g/mol. The Morgan fingerprint density at radius 1 is 1.08 bits per heavy atom. The zero-order valence-corrected chi connectivity index (χ0v) is 31.7. The Morgan fingerprint density at radius 2 is 1.77 bits per heavy atom. The lowest BCUT2D eigenvalue weighted by Crippen LogP contribution is -2.57. The van der Waals surface area contributed by atoms with Crippen LogP contribution in [0.2, 0.25) is 0 Å². The van der Waals surface area contributed by atoms with Crippen molar-refractivity contribution in [2.24, 2.45) is 11.8 Å². The highest BCUT2D eigenvalue weighted by Gasteiger charge is 2.77. The number of likely N-dealkylation sites (tertiary alicyclic amines) is 1. The highest BCUT2D eigenvalue weighted by atomic mass is 79.9. The topological polar surface area (TPSA) is 129 Å². The Morgan fingerprint density at radius 3 is 2.40 bits per heavy atom. The summed E-state index contributed by atoms with van der Waals surface area (Å²) in [5.74, 6) is -3.44. The molecule has 3 amide bonds. The van der Waals surface area contributed by atoms with Crippen molar-refractivity contribution in [3.63, 3.8) is 0 Å². The van der Waals surface area contributed by atoms with Crippen LogP contribution >= 0.6 is 15.9 Å². The molecule has 52 heavy (non-hydrogen) atoms. The maximum absolute atomic E-state index is 14.9. The summed E-state index contributed by atoms with van der Waals surface area (Å²) < 4.78 is 12.9. The van der Waals surface area contributed by atoms with E-state index in [1.54, 1.807) is 22.0 Å². The number of nitrogens with zero attached hydrogens (tertiary/aromatic N) is 3. The van der Waals surface area contributed by atoms with Gasteiger partial charge in [0.25, 0.3) is 5.91 Å². The predicted molar refractivity (Wildman–Crippen MR) is 204 cm³/mol. The number of hydrogen-bond acceptors (Lipinski definition) is 8. The molecule has 3 fully saturated rings. The lowest BCUT2D eigenvalue weighted by molar-refractivity contribution is -0.160. The largest absolute Gasteiger partial charge is 0.455 e. The number of rotatable bonds is 19. The molecule has 2 bridgehead atoms. The summed E-state index contributed by atoms with van der Waals surface area (Å²) >= 11 is 3.74. The van der Waals surface area contributed by atoms with Gasteiger partial charge in [0.05, 0.1) is 24.5 Å². The summed E-state index contributed by atoms with van der Waals surface area (Å²) in [4.78, 5) is 61.4. The summed E-state index contributed by atoms with van der Waals surface area (Å²) in [7, 11) is 0. The molecule has 3 aliphatic heterocycles. The lowest BCUT2D eigenvalue weighted by atomic mass is 9.70. The SMILES string of the molecule is C=CCCC(=O)NC[C@H](OC(=O)[C@H]1[C@@H]2O[C@@]3(CC2Br)[C@@H]1C(=O)N(CCCCO)[C@@H]3C(=O)N(CC=C)c1ccc(N(CC)CC)cc1)c1ccccc1. The Kier molecular flexibility index (Phi) is 13.3. The molecule has 11 nitrogen and oxygen atoms in total. The van der Waals surface area contributed by atoms with Gasteiger partial charge in [0.2, 0.25) is 11.8 Å². The number of fused-ring (bicyclic) bond motifs is 1. The average molecular weight is 780 g/mol. The molecule has 0 aliphatic carbocycles. The number of halogens is 1. The van der Waals surface area contributed by atoms with E-state index in [1.165, 1.54) is 0 Å². The van der Waals surface area contributed by atoms with Gasteiger partial charge in [-0.05, 0) is 69.4 Å². The molecule has 5 rings (SSSR count). The lowest BCUT2D eigenvalue weighted by Gasteiger charge is -2.37. The Balaban J connectivity index is 1.47. The maximum atomic E-state index is 14.9. The van der Waals surface area contributed by atoms with Gasteiger partial charge in [0.1, 0.15) is 17.7 Å². The van der Waals surface area contributed by atoms with Crippen LogP contribution in [-0.4, -0.2) is 95.6 Å². The Labute approximate surface area is 315 Å². The number of allylic oxidation sites excluding steroid dienone is 1. The number of esters is 1. The second-order valence-corrected chi connectivity index (χ2v) is 14.7. The fraction of sp³-hybridized carbons (Fsp3) is 0.500. The van der Waals surface area contributed by atoms with Gasteiger partial charge in [-0.15, -0.1) is 13.2 Å². The standard InChI is InChI=1S/C40H51BrN4O7/c1-5-9-17-32(47)42-26-31(27-15-11-10-12-16-27)51-39(50)33-34-37(48)45(23-13-14-24-46)36(40(34)25-30(41)35(33)52-40)38(49)44(22-6-2)29-20-18-28(19-21-29)43(7-3)8-4/h5-6,10-12,15-16,18-21,30-31,33-36,46H,1-2,7-9,13-14,17,22-26H2,3-4H3,(H,42,47)/t30?,31-,33+,34-,35+,36+,40-/m0/s1. The molecule has 12 heteroatoms. The number of carbonyl (C=O) groups is 4. The van der Waals surface area contributed by atoms with E-state index in [0.717, 1.165) is 18.8 Å². The van der Waals surface area contributed by atoms with E-state index in [9.17, 15) is 24.3 Å². The van der Waals surface area contributed by atoms with Gasteiger partial charge in [0.15, 0.2) is 0 Å². The van der Waals surface area contributed by atoms with Crippen LogP contribution in [0, 0.1) is 11.8 Å². The number of benzene rings is 2. The Hall–Kier alpha value is -4.00. The Bertz CT molecular complexity index is 1590. The van der Waals surface area contributed by atoms with Crippen LogP contribution in [0.5, 0.6) is 0 Å². The van der Waals surface area contributed by atoms with Gasteiger partial charge in [-0.25, -0.2) is 0 Å². The minimum Gasteiger partial charge on any atom is -0.455 e. The molecule has 1 spiro atoms. The van der Waals surface area contributed by atoms with Gasteiger partial charge in [-0.3, -0.25) is 19.2 Å². The van der Waals surface area contributed by atoms with Gasteiger partial charge >= 0.3 is 5.97 Å². The van der Waals surface area contributed by atoms with Crippen molar-refractivity contribution in [3.05, 3.63) is 85.5 Å². The van der Waals surface area contributed by atoms with E-state index < -0.39 is 41.7 Å². The zero-order valence-electron chi connectivity index (χ0n) is 30.1. The number of aliphatic hydroxyl groups excluding tert-OH is 1. The van der Waals surface area contributed by atoms with Crippen LogP contribution in [0.1, 0.15) is 57.6 Å². The van der Waals surface area contributed by atoms with E-state index >= 15 is 0 Å². The third-order valence-corrected chi connectivity index (χ3v) is 11.3. The molecule has 2 aromatic rings. The maximum Gasteiger partial charge on any atom is 0.313 e. The van der Waals surface area contributed by atoms with Gasteiger partial charge in [0, 0.05) is 55.4 Å². The van der Waals surface area contributed by atoms with Crippen LogP contribution in [0.4, 0.5) is 11.4 Å². The number of ether oxygens (including phenoxy) is 2. The second kappa shape index (κ2) is 17.7. The molecule has 0 aromatic heterocycles. The van der Waals surface area contributed by atoms with Crippen molar-refractivity contribution in [1.29, 1.82) is 0 Å². The molecule has 3 saturated heterocycles. The molecule has 7 atom stereocenters. The highest BCUT2D eigenvalue weighted by Crippen LogP contribution is 2.60. The molecule has 1 unspecified atom stereocenters. The molecule has 280 valence electrons. The minimum atomic E-state index is -1.29. The first-order valence-corrected chi connectivity index (χ1v) is 19.2. The third kappa shape index (κ3) is 7.84. The monoisotopic (exact) mass is 778 g/mol. The van der Waals surface area contributed by atoms with E-state index in [2.05, 4.69) is 53.2 Å². The van der Waals surface area contributed by atoms with Gasteiger partial charge in [-0.2, -0.15) is 0 Å². The van der Waals surface area contributed by atoms with Crippen molar-refractivity contribution in [3.8, 4) is 0 Å². The molecule has 3 aliphatic rings. The highest BCUT2D eigenvalue weighted by molar-refractivity contribution is 9.09. The van der Waals surface area contributed by atoms with Gasteiger partial charge in [-0.1, -0.05) is 58.4 Å². The summed E-state index contributed by atoms with van der Waals surface area (Å²) in [6.45, 7) is 13.8. The number of anilines is 2. The summed E-state index contributed by atoms with van der Waals surface area (Å²) in [6.07, 6.45) is 3.81. The molecule has 2 N–H and O–H groups in total. The molecular formula is C40H51BrN4O7. The molecule has 2 aromatic carbocycles. The number of amides is 3. The first kappa shape index (κ1) is 39.2. The van der Waals surface area contributed by atoms with Crippen molar-refractivity contribution in [2.45, 2.75) is 74.6 Å². The summed E-state index contributed by atoms with van der Waals surface area (Å²) in [5, 5.41) is 12.4. The van der Waals surface area contributed by atoms with Crippen molar-refractivity contribution >= 4 is 51.0 Å². The van der Waals surface area contributed by atoms with Crippen LogP contribution in [-0.2, 0) is 28.7 Å². The fourth-order valence-corrected chi connectivity index (χ4v) is 8.93. The predicted octanol–water partition coefficient (Wildman–Crippen LogP) is 4.94. The van der Waals surface area contributed by atoms with E-state index in [4.69, 9.17) is 9.47 Å². The minimum absolute atomic E-state index is 0.0451. The van der Waals surface area contributed by atoms with Crippen LogP contribution < -0.4 is 15.1 Å². The van der Waals surface area contributed by atoms with Crippen molar-refractivity contribution in [1.82, 2.24) is 10.2 Å². The van der Waals surface area contributed by atoms with Crippen LogP contribution in [0.25, 0.3) is 0 Å². The average Bonchev–Trinajstić information content (AvgIpc) is 3.75. The van der Waals surface area contributed by atoms with Crippen LogP contribution in [0.15, 0.2) is 79.9 Å². The smallest absolute Gasteiger partial charge is 0.313 e. The third-order valence-electron chi connectivity index (χ3n) is 10.5. The number of nitrogens with one attached hydrogen (secondary N) is 1. The number of aliphatic hydroxyl groups is 1. The summed E-state index contributed by atoms with van der Waals surface area (Å²) in [5.41, 5.74) is 1.09. The zero-order chi connectivity index (χ0) is 37.4. The van der Waals surface area contributed by atoms with Crippen molar-refractivity contribution in [2.75, 3.05) is 49.1 Å². The number of alkyl halides is 1. The molecule has 3 heterocycles. The quantitative estimate of drug-likeness (QED) is 0.0889. The normalized spacial score (nSPS) is 25.0. The van der Waals surface area contributed by atoms with Gasteiger partial charge < -0.3 is 34.6 Å². The fourth-order valence-electron chi connectivity index (χ4n) is 7.99.